The van der Waals surface area contributed by atoms with Gasteiger partial charge in [-0.05, 0) is 37.3 Å². The van der Waals surface area contributed by atoms with Crippen LogP contribution >= 0.6 is 0 Å². The van der Waals surface area contributed by atoms with Crippen LogP contribution in [0, 0.1) is 6.92 Å². The molecule has 0 amide bonds. The monoisotopic (exact) mass is 278 g/mol. The summed E-state index contributed by atoms with van der Waals surface area (Å²) < 4.78 is 26.6. The summed E-state index contributed by atoms with van der Waals surface area (Å²) in [6.45, 7) is 1.92. The average molecular weight is 278 g/mol. The molecule has 0 aromatic heterocycles. The normalized spacial score (nSPS) is 11.2. The van der Waals surface area contributed by atoms with Gasteiger partial charge in [-0.25, -0.2) is 8.42 Å². The van der Waals surface area contributed by atoms with Crippen LogP contribution in [-0.2, 0) is 10.0 Å². The van der Waals surface area contributed by atoms with E-state index in [4.69, 9.17) is 5.73 Å². The molecule has 0 spiro atoms. The van der Waals surface area contributed by atoms with Gasteiger partial charge in [0.1, 0.15) is 5.75 Å². The van der Waals surface area contributed by atoms with Crippen LogP contribution in [0.2, 0.25) is 0 Å². The molecule has 0 saturated heterocycles. The molecule has 100 valence electrons. The third-order valence-corrected chi connectivity index (χ3v) is 3.99. The lowest BCUT2D eigenvalue weighted by molar-refractivity contribution is 0.477. The third kappa shape index (κ3) is 2.97. The predicted molar refractivity (Wildman–Crippen MR) is 74.5 cm³/mol. The molecule has 0 unspecified atom stereocenters. The highest BCUT2D eigenvalue weighted by molar-refractivity contribution is 7.92. The highest BCUT2D eigenvalue weighted by Crippen LogP contribution is 2.24. The van der Waals surface area contributed by atoms with Gasteiger partial charge in [-0.1, -0.05) is 17.7 Å². The molecule has 0 bridgehead atoms. The van der Waals surface area contributed by atoms with Crippen LogP contribution < -0.4 is 10.5 Å². The van der Waals surface area contributed by atoms with Crippen molar-refractivity contribution in [3.63, 3.8) is 0 Å². The Kier molecular flexibility index (Phi) is 3.35. The molecule has 0 aliphatic carbocycles. The van der Waals surface area contributed by atoms with Crippen molar-refractivity contribution in [2.24, 2.45) is 0 Å². The van der Waals surface area contributed by atoms with Crippen LogP contribution in [0.5, 0.6) is 5.75 Å². The second kappa shape index (κ2) is 4.81. The summed E-state index contributed by atoms with van der Waals surface area (Å²) in [5.41, 5.74) is 7.02. The zero-order chi connectivity index (χ0) is 14.0. The summed E-state index contributed by atoms with van der Waals surface area (Å²) in [4.78, 5) is 0.00313. The molecule has 0 heterocycles. The largest absolute Gasteiger partial charge is 0.506 e. The fourth-order valence-electron chi connectivity index (χ4n) is 1.54. The number of nitrogens with two attached hydrogens (primary N) is 1. The standard InChI is InChI=1S/C13H14N2O3S/c1-9-2-4-10(5-3-9)15-19(17,18)11-6-7-13(16)12(14)8-11/h2-8,15-16H,14H2,1H3. The van der Waals surface area contributed by atoms with Crippen molar-refractivity contribution in [3.05, 3.63) is 48.0 Å². The second-order valence-corrected chi connectivity index (χ2v) is 5.87. The van der Waals surface area contributed by atoms with Gasteiger partial charge in [0.15, 0.2) is 0 Å². The minimum absolute atomic E-state index is 0.00313. The maximum atomic E-state index is 12.1. The van der Waals surface area contributed by atoms with Crippen molar-refractivity contribution in [2.75, 3.05) is 10.5 Å². The van der Waals surface area contributed by atoms with E-state index in [-0.39, 0.29) is 16.3 Å². The summed E-state index contributed by atoms with van der Waals surface area (Å²) in [6.07, 6.45) is 0. The first-order valence-corrected chi connectivity index (χ1v) is 7.05. The highest BCUT2D eigenvalue weighted by Gasteiger charge is 2.15. The quantitative estimate of drug-likeness (QED) is 0.592. The van der Waals surface area contributed by atoms with E-state index in [0.717, 1.165) is 5.56 Å². The van der Waals surface area contributed by atoms with Crippen molar-refractivity contribution < 1.29 is 13.5 Å². The second-order valence-electron chi connectivity index (χ2n) is 4.19. The fraction of sp³-hybridized carbons (Fsp3) is 0.0769. The van der Waals surface area contributed by atoms with Crippen LogP contribution in [0.1, 0.15) is 5.56 Å². The number of phenols is 1. The lowest BCUT2D eigenvalue weighted by atomic mass is 10.2. The molecule has 2 aromatic carbocycles. The van der Waals surface area contributed by atoms with Gasteiger partial charge in [0, 0.05) is 5.69 Å². The predicted octanol–water partition coefficient (Wildman–Crippen LogP) is 2.08. The lowest BCUT2D eigenvalue weighted by Gasteiger charge is -2.09. The molecule has 5 nitrogen and oxygen atoms in total. The van der Waals surface area contributed by atoms with Crippen LogP contribution in [0.15, 0.2) is 47.4 Å². The number of nitrogen functional groups attached to an aromatic ring is 1. The van der Waals surface area contributed by atoms with Gasteiger partial charge in [-0.2, -0.15) is 0 Å². The van der Waals surface area contributed by atoms with E-state index in [9.17, 15) is 13.5 Å². The van der Waals surface area contributed by atoms with Gasteiger partial charge < -0.3 is 10.8 Å². The first kappa shape index (κ1) is 13.2. The summed E-state index contributed by atoms with van der Waals surface area (Å²) in [5.74, 6) is -0.144. The molecule has 2 rings (SSSR count). The van der Waals surface area contributed by atoms with Gasteiger partial charge in [-0.15, -0.1) is 0 Å². The molecular formula is C13H14N2O3S. The van der Waals surface area contributed by atoms with Crippen LogP contribution in [-0.4, -0.2) is 13.5 Å². The van der Waals surface area contributed by atoms with E-state index in [1.165, 1.54) is 18.2 Å². The van der Waals surface area contributed by atoms with E-state index < -0.39 is 10.0 Å². The molecule has 2 aromatic rings. The number of sulfonamides is 1. The zero-order valence-electron chi connectivity index (χ0n) is 10.3. The smallest absolute Gasteiger partial charge is 0.261 e. The van der Waals surface area contributed by atoms with Crippen molar-refractivity contribution in [3.8, 4) is 5.75 Å². The minimum Gasteiger partial charge on any atom is -0.506 e. The number of benzene rings is 2. The lowest BCUT2D eigenvalue weighted by Crippen LogP contribution is -2.13. The fourth-order valence-corrected chi connectivity index (χ4v) is 2.63. The highest BCUT2D eigenvalue weighted by atomic mass is 32.2. The van der Waals surface area contributed by atoms with E-state index in [2.05, 4.69) is 4.72 Å². The van der Waals surface area contributed by atoms with Gasteiger partial charge >= 0.3 is 0 Å². The van der Waals surface area contributed by atoms with Crippen molar-refractivity contribution >= 4 is 21.4 Å². The molecule has 6 heteroatoms. The first-order valence-electron chi connectivity index (χ1n) is 5.56. The number of nitrogens with one attached hydrogen (secondary N) is 1. The maximum absolute atomic E-state index is 12.1. The third-order valence-electron chi connectivity index (χ3n) is 2.61. The molecule has 0 radical (unpaired) electrons. The number of hydrogen-bond acceptors (Lipinski definition) is 4. The Bertz CT molecular complexity index is 694. The van der Waals surface area contributed by atoms with Gasteiger partial charge in [0.05, 0.1) is 10.6 Å². The summed E-state index contributed by atoms with van der Waals surface area (Å²) in [5, 5.41) is 9.29. The first-order chi connectivity index (χ1) is 8.88. The Labute approximate surface area is 111 Å². The Hall–Kier alpha value is -2.21. The summed E-state index contributed by atoms with van der Waals surface area (Å²) >= 11 is 0. The molecule has 0 aliphatic heterocycles. The van der Waals surface area contributed by atoms with Gasteiger partial charge in [0.25, 0.3) is 10.0 Å². The van der Waals surface area contributed by atoms with Crippen molar-refractivity contribution in [2.45, 2.75) is 11.8 Å². The van der Waals surface area contributed by atoms with Crippen LogP contribution in [0.25, 0.3) is 0 Å². The molecule has 0 aliphatic rings. The van der Waals surface area contributed by atoms with Gasteiger partial charge in [-0.3, -0.25) is 4.72 Å². The average Bonchev–Trinajstić information content (AvgIpc) is 2.35. The van der Waals surface area contributed by atoms with Crippen LogP contribution in [0.4, 0.5) is 11.4 Å². The molecule has 19 heavy (non-hydrogen) atoms. The Morgan fingerprint density at radius 3 is 2.32 bits per heavy atom. The topological polar surface area (TPSA) is 92.4 Å². The number of anilines is 2. The zero-order valence-corrected chi connectivity index (χ0v) is 11.1. The number of phenolic OH excluding ortho intramolecular Hbond substituents is 1. The number of hydrogen-bond donors (Lipinski definition) is 3. The summed E-state index contributed by atoms with van der Waals surface area (Å²) in [7, 11) is -3.71. The van der Waals surface area contributed by atoms with E-state index in [1.807, 2.05) is 19.1 Å². The maximum Gasteiger partial charge on any atom is 0.261 e. The molecule has 0 atom stereocenters. The molecule has 0 fully saturated rings. The minimum atomic E-state index is -3.71. The summed E-state index contributed by atoms with van der Waals surface area (Å²) in [6, 6.07) is 10.7. The number of rotatable bonds is 3. The molecule has 0 saturated carbocycles. The Morgan fingerprint density at radius 1 is 1.11 bits per heavy atom. The van der Waals surface area contributed by atoms with Crippen molar-refractivity contribution in [1.82, 2.24) is 0 Å². The van der Waals surface area contributed by atoms with Crippen LogP contribution in [0.3, 0.4) is 0 Å². The number of aryl methyl sites for hydroxylation is 1. The Balaban J connectivity index is 2.32. The number of aromatic hydroxyl groups is 1. The molecular weight excluding hydrogens is 264 g/mol. The Morgan fingerprint density at radius 2 is 1.74 bits per heavy atom. The van der Waals surface area contributed by atoms with E-state index >= 15 is 0 Å². The van der Waals surface area contributed by atoms with Crippen molar-refractivity contribution in [1.29, 1.82) is 0 Å². The van der Waals surface area contributed by atoms with Gasteiger partial charge in [0.2, 0.25) is 0 Å². The van der Waals surface area contributed by atoms with E-state index in [1.54, 1.807) is 12.1 Å². The SMILES string of the molecule is Cc1ccc(NS(=O)(=O)c2ccc(O)c(N)c2)cc1. The molecule has 4 N–H and O–H groups in total. The van der Waals surface area contributed by atoms with E-state index in [0.29, 0.717) is 5.69 Å².